The third-order valence-electron chi connectivity index (χ3n) is 5.11. The zero-order valence-corrected chi connectivity index (χ0v) is 21.3. The van der Waals surface area contributed by atoms with Crippen LogP contribution in [0.5, 0.6) is 0 Å². The van der Waals surface area contributed by atoms with Crippen molar-refractivity contribution in [1.29, 1.82) is 5.26 Å². The molecule has 2 aliphatic rings. The van der Waals surface area contributed by atoms with Gasteiger partial charge in [0.1, 0.15) is 0 Å². The van der Waals surface area contributed by atoms with E-state index in [0.717, 1.165) is 69.7 Å². The fourth-order valence-corrected chi connectivity index (χ4v) is 4.66. The standard InChI is InChI=1S/C19H28N4OS.C4H10.C2H6/c20-8-1-2-9-21-10-3-11-22(13-12-21)18-4-6-19(7-5-18)23-14-16-25(24)17-15-23;1-4(2)3;1-2/h4-7H,1-3,9-17H2;4H,1-3H3;1-2H3. The largest absolute Gasteiger partial charge is 0.370 e. The Hall–Kier alpha value is -1.58. The molecule has 0 unspecified atom stereocenters. The van der Waals surface area contributed by atoms with E-state index in [9.17, 15) is 4.21 Å². The van der Waals surface area contributed by atoms with Gasteiger partial charge in [0.25, 0.3) is 0 Å². The molecule has 1 aromatic rings. The van der Waals surface area contributed by atoms with Gasteiger partial charge >= 0.3 is 0 Å². The summed E-state index contributed by atoms with van der Waals surface area (Å²) in [6.07, 6.45) is 2.81. The molecule has 0 atom stereocenters. The summed E-state index contributed by atoms with van der Waals surface area (Å²) in [5.41, 5.74) is 2.54. The lowest BCUT2D eigenvalue weighted by atomic mass is 10.2. The zero-order valence-electron chi connectivity index (χ0n) is 20.5. The number of nitriles is 1. The van der Waals surface area contributed by atoms with E-state index in [1.165, 1.54) is 17.8 Å². The van der Waals surface area contributed by atoms with Gasteiger partial charge < -0.3 is 14.7 Å². The van der Waals surface area contributed by atoms with Gasteiger partial charge in [-0.15, -0.1) is 0 Å². The summed E-state index contributed by atoms with van der Waals surface area (Å²) in [6.45, 7) is 17.7. The summed E-state index contributed by atoms with van der Waals surface area (Å²) in [5.74, 6) is 2.41. The summed E-state index contributed by atoms with van der Waals surface area (Å²) in [6, 6.07) is 11.1. The monoisotopic (exact) mass is 448 g/mol. The van der Waals surface area contributed by atoms with Crippen molar-refractivity contribution in [3.63, 3.8) is 0 Å². The second-order valence-corrected chi connectivity index (χ2v) is 10.2. The third-order valence-corrected chi connectivity index (χ3v) is 6.39. The van der Waals surface area contributed by atoms with Crippen LogP contribution in [0.1, 0.15) is 53.9 Å². The number of anilines is 2. The van der Waals surface area contributed by atoms with Gasteiger partial charge in [0.05, 0.1) is 6.07 Å². The Morgan fingerprint density at radius 2 is 1.42 bits per heavy atom. The van der Waals surface area contributed by atoms with Gasteiger partial charge in [0.15, 0.2) is 0 Å². The van der Waals surface area contributed by atoms with Crippen molar-refractivity contribution in [2.75, 3.05) is 67.1 Å². The summed E-state index contributed by atoms with van der Waals surface area (Å²) in [5, 5.41) is 8.68. The number of nitrogens with zero attached hydrogens (tertiary/aromatic N) is 4. The molecule has 0 aliphatic carbocycles. The maximum absolute atomic E-state index is 11.5. The first-order valence-electron chi connectivity index (χ1n) is 12.0. The summed E-state index contributed by atoms with van der Waals surface area (Å²) in [4.78, 5) is 7.30. The molecule has 6 heteroatoms. The van der Waals surface area contributed by atoms with Crippen molar-refractivity contribution in [3.05, 3.63) is 24.3 Å². The van der Waals surface area contributed by atoms with Gasteiger partial charge in [0.2, 0.25) is 0 Å². The van der Waals surface area contributed by atoms with E-state index in [1.807, 2.05) is 13.8 Å². The van der Waals surface area contributed by atoms with Crippen LogP contribution in [-0.2, 0) is 10.8 Å². The summed E-state index contributed by atoms with van der Waals surface area (Å²) >= 11 is 0. The molecule has 0 radical (unpaired) electrons. The van der Waals surface area contributed by atoms with Crippen LogP contribution in [0.15, 0.2) is 24.3 Å². The molecule has 0 N–H and O–H groups in total. The number of unbranched alkanes of at least 4 members (excludes halogenated alkanes) is 1. The van der Waals surface area contributed by atoms with Crippen LogP contribution >= 0.6 is 0 Å². The molecule has 2 fully saturated rings. The van der Waals surface area contributed by atoms with Crippen molar-refractivity contribution >= 4 is 22.2 Å². The van der Waals surface area contributed by atoms with E-state index in [2.05, 4.69) is 65.8 Å². The van der Waals surface area contributed by atoms with Gasteiger partial charge in [-0.3, -0.25) is 4.21 Å². The highest BCUT2D eigenvalue weighted by Gasteiger charge is 2.17. The number of rotatable bonds is 5. The Kier molecular flexibility index (Phi) is 14.3. The molecule has 0 spiro atoms. The molecular weight excluding hydrogens is 404 g/mol. The second kappa shape index (κ2) is 16.1. The van der Waals surface area contributed by atoms with Crippen LogP contribution in [-0.4, -0.2) is 66.4 Å². The number of benzene rings is 1. The number of hydrogen-bond acceptors (Lipinski definition) is 5. The molecule has 0 aromatic heterocycles. The minimum Gasteiger partial charge on any atom is -0.370 e. The molecule has 2 aliphatic heterocycles. The highest BCUT2D eigenvalue weighted by Crippen LogP contribution is 2.23. The van der Waals surface area contributed by atoms with Crippen molar-refractivity contribution in [3.8, 4) is 6.07 Å². The zero-order chi connectivity index (χ0) is 23.1. The molecule has 0 bridgehead atoms. The van der Waals surface area contributed by atoms with E-state index in [4.69, 9.17) is 5.26 Å². The lowest BCUT2D eigenvalue weighted by molar-refractivity contribution is 0.291. The van der Waals surface area contributed by atoms with Crippen molar-refractivity contribution in [2.45, 2.75) is 53.9 Å². The van der Waals surface area contributed by atoms with Crippen molar-refractivity contribution in [2.24, 2.45) is 5.92 Å². The highest BCUT2D eigenvalue weighted by atomic mass is 32.2. The van der Waals surface area contributed by atoms with E-state index in [-0.39, 0.29) is 0 Å². The molecule has 5 nitrogen and oxygen atoms in total. The smallest absolute Gasteiger partial charge is 0.0622 e. The average molecular weight is 449 g/mol. The first-order valence-corrected chi connectivity index (χ1v) is 13.5. The Balaban J connectivity index is 0.000000720. The summed E-state index contributed by atoms with van der Waals surface area (Å²) < 4.78 is 11.5. The van der Waals surface area contributed by atoms with Crippen LogP contribution in [0.2, 0.25) is 0 Å². The minimum atomic E-state index is -0.624. The maximum atomic E-state index is 11.5. The normalized spacial score (nSPS) is 17.7. The first-order chi connectivity index (χ1) is 15.0. The third kappa shape index (κ3) is 11.0. The first kappa shape index (κ1) is 27.5. The number of hydrogen-bond donors (Lipinski definition) is 0. The maximum Gasteiger partial charge on any atom is 0.0622 e. The topological polar surface area (TPSA) is 50.6 Å². The van der Waals surface area contributed by atoms with Crippen LogP contribution in [0.4, 0.5) is 11.4 Å². The van der Waals surface area contributed by atoms with Gasteiger partial charge in [-0.2, -0.15) is 5.26 Å². The fourth-order valence-electron chi connectivity index (χ4n) is 3.60. The van der Waals surface area contributed by atoms with E-state index in [0.29, 0.717) is 6.42 Å². The Morgan fingerprint density at radius 1 is 0.903 bits per heavy atom. The Bertz CT molecular complexity index is 644. The molecule has 176 valence electrons. The average Bonchev–Trinajstić information content (AvgIpc) is 3.02. The van der Waals surface area contributed by atoms with Crippen LogP contribution < -0.4 is 9.80 Å². The predicted molar refractivity (Wildman–Crippen MR) is 137 cm³/mol. The Labute approximate surface area is 193 Å². The van der Waals surface area contributed by atoms with Crippen molar-refractivity contribution in [1.82, 2.24) is 4.90 Å². The molecule has 2 saturated heterocycles. The van der Waals surface area contributed by atoms with Crippen LogP contribution in [0, 0.1) is 17.2 Å². The quantitative estimate of drug-likeness (QED) is 0.608. The van der Waals surface area contributed by atoms with Crippen molar-refractivity contribution < 1.29 is 4.21 Å². The van der Waals surface area contributed by atoms with E-state index < -0.39 is 10.8 Å². The van der Waals surface area contributed by atoms with Gasteiger partial charge in [-0.25, -0.2) is 0 Å². The molecule has 1 aromatic carbocycles. The molecule has 0 amide bonds. The molecule has 31 heavy (non-hydrogen) atoms. The Morgan fingerprint density at radius 3 is 1.94 bits per heavy atom. The highest BCUT2D eigenvalue weighted by molar-refractivity contribution is 7.85. The fraction of sp³-hybridized carbons (Fsp3) is 0.720. The minimum absolute atomic E-state index is 0.624. The predicted octanol–water partition coefficient (Wildman–Crippen LogP) is 4.76. The van der Waals surface area contributed by atoms with Gasteiger partial charge in [-0.1, -0.05) is 34.6 Å². The van der Waals surface area contributed by atoms with E-state index >= 15 is 0 Å². The summed E-state index contributed by atoms with van der Waals surface area (Å²) in [7, 11) is -0.624. The molecule has 2 heterocycles. The lowest BCUT2D eigenvalue weighted by Gasteiger charge is -2.29. The molecule has 0 saturated carbocycles. The second-order valence-electron chi connectivity index (χ2n) is 8.53. The van der Waals surface area contributed by atoms with E-state index in [1.54, 1.807) is 0 Å². The molecule has 3 rings (SSSR count). The van der Waals surface area contributed by atoms with Crippen LogP contribution in [0.3, 0.4) is 0 Å². The SMILES string of the molecule is CC.CC(C)C.N#CCCCN1CCCN(c2ccc(N3CCS(=O)CC3)cc2)CC1. The van der Waals surface area contributed by atoms with Gasteiger partial charge in [0, 0.05) is 72.8 Å². The van der Waals surface area contributed by atoms with Crippen LogP contribution in [0.25, 0.3) is 0 Å². The van der Waals surface area contributed by atoms with Gasteiger partial charge in [-0.05, 0) is 56.1 Å². The molecular formula is C25H44N4OS. The lowest BCUT2D eigenvalue weighted by Crippen LogP contribution is -2.37.